The minimum absolute atomic E-state index is 0.0608. The summed E-state index contributed by atoms with van der Waals surface area (Å²) in [6.45, 7) is 2.25. The van der Waals surface area contributed by atoms with Crippen molar-refractivity contribution in [3.05, 3.63) is 53.6 Å². The van der Waals surface area contributed by atoms with E-state index in [1.807, 2.05) is 56.4 Å². The third-order valence-electron chi connectivity index (χ3n) is 4.63. The van der Waals surface area contributed by atoms with Crippen molar-refractivity contribution in [3.8, 4) is 0 Å². The van der Waals surface area contributed by atoms with Gasteiger partial charge in [0.2, 0.25) is 5.91 Å². The topological polar surface area (TPSA) is 83.1 Å². The molecule has 2 aromatic heterocycles. The van der Waals surface area contributed by atoms with Gasteiger partial charge in [-0.05, 0) is 18.6 Å². The summed E-state index contributed by atoms with van der Waals surface area (Å²) in [4.78, 5) is 26.8. The quantitative estimate of drug-likeness (QED) is 0.627. The van der Waals surface area contributed by atoms with Crippen LogP contribution in [0.3, 0.4) is 0 Å². The Hall–Kier alpha value is -2.93. The molecule has 2 N–H and O–H groups in total. The molecule has 7 heteroatoms. The van der Waals surface area contributed by atoms with E-state index in [-0.39, 0.29) is 11.9 Å². The van der Waals surface area contributed by atoms with Crippen LogP contribution in [0.5, 0.6) is 0 Å². The van der Waals surface area contributed by atoms with Crippen molar-refractivity contribution in [1.29, 1.82) is 0 Å². The second-order valence-electron chi connectivity index (χ2n) is 7.02. The summed E-state index contributed by atoms with van der Waals surface area (Å²) < 4.78 is 5.03. The smallest absolute Gasteiger partial charge is 0.222 e. The third-order valence-corrected chi connectivity index (χ3v) is 4.63. The van der Waals surface area contributed by atoms with Crippen LogP contribution in [0.15, 0.2) is 36.5 Å². The molecule has 0 saturated carbocycles. The largest absolute Gasteiger partial charge is 0.384 e. The van der Waals surface area contributed by atoms with Gasteiger partial charge in [0.25, 0.3) is 0 Å². The Bertz CT molecular complexity index is 951. The van der Waals surface area contributed by atoms with Crippen LogP contribution in [0, 0.1) is 6.92 Å². The number of amides is 1. The number of aromatic nitrogens is 3. The first-order chi connectivity index (χ1) is 13.5. The normalized spacial score (nSPS) is 12.1. The highest BCUT2D eigenvalue weighted by atomic mass is 16.5. The van der Waals surface area contributed by atoms with Gasteiger partial charge in [0, 0.05) is 57.2 Å². The molecule has 1 amide bonds. The van der Waals surface area contributed by atoms with E-state index >= 15 is 0 Å². The number of para-hydroxylation sites is 1. The van der Waals surface area contributed by atoms with Gasteiger partial charge in [-0.1, -0.05) is 18.2 Å². The standard InChI is InChI=1S/C21H27N5O2/c1-14-23-19(12-20(24-14)26(2)3)18(25-21(27)9-10-28-4)11-15-13-22-17-8-6-5-7-16(15)17/h5-8,12-13,18,22H,9-11H2,1-4H3,(H,25,27)/t18-/m1/s1. The van der Waals surface area contributed by atoms with Crippen molar-refractivity contribution in [1.82, 2.24) is 20.3 Å². The van der Waals surface area contributed by atoms with E-state index < -0.39 is 0 Å². The molecule has 3 rings (SSSR count). The van der Waals surface area contributed by atoms with Crippen molar-refractivity contribution in [2.75, 3.05) is 32.7 Å². The van der Waals surface area contributed by atoms with Gasteiger partial charge in [-0.3, -0.25) is 4.79 Å². The van der Waals surface area contributed by atoms with Gasteiger partial charge in [0.15, 0.2) is 0 Å². The maximum absolute atomic E-state index is 12.4. The van der Waals surface area contributed by atoms with Crippen molar-refractivity contribution < 1.29 is 9.53 Å². The van der Waals surface area contributed by atoms with Crippen LogP contribution >= 0.6 is 0 Å². The van der Waals surface area contributed by atoms with Gasteiger partial charge in [-0.2, -0.15) is 0 Å². The zero-order chi connectivity index (χ0) is 20.1. The number of carbonyl (C=O) groups is 1. The number of benzene rings is 1. The number of aromatic amines is 1. The Morgan fingerprint density at radius 1 is 1.29 bits per heavy atom. The molecule has 0 aliphatic rings. The molecular formula is C21H27N5O2. The maximum atomic E-state index is 12.4. The molecule has 0 spiro atoms. The number of aryl methyl sites for hydroxylation is 1. The third kappa shape index (κ3) is 4.67. The van der Waals surface area contributed by atoms with Crippen LogP contribution in [-0.2, 0) is 16.0 Å². The number of fused-ring (bicyclic) bond motifs is 1. The average Bonchev–Trinajstić information content (AvgIpc) is 3.08. The molecule has 0 unspecified atom stereocenters. The summed E-state index contributed by atoms with van der Waals surface area (Å²) in [6.07, 6.45) is 2.94. The molecule has 0 aliphatic carbocycles. The monoisotopic (exact) mass is 381 g/mol. The van der Waals surface area contributed by atoms with Gasteiger partial charge >= 0.3 is 0 Å². The van der Waals surface area contributed by atoms with Crippen LogP contribution < -0.4 is 10.2 Å². The average molecular weight is 381 g/mol. The number of hydrogen-bond donors (Lipinski definition) is 2. The Morgan fingerprint density at radius 3 is 2.82 bits per heavy atom. The van der Waals surface area contributed by atoms with E-state index in [0.29, 0.717) is 25.3 Å². The number of methoxy groups -OCH3 is 1. The summed E-state index contributed by atoms with van der Waals surface area (Å²) in [6, 6.07) is 9.83. The van der Waals surface area contributed by atoms with E-state index in [4.69, 9.17) is 4.74 Å². The van der Waals surface area contributed by atoms with Crippen LogP contribution in [0.2, 0.25) is 0 Å². The van der Waals surface area contributed by atoms with Gasteiger partial charge in [0.05, 0.1) is 18.3 Å². The Labute approximate surface area is 165 Å². The van der Waals surface area contributed by atoms with Crippen LogP contribution in [0.25, 0.3) is 10.9 Å². The number of anilines is 1. The molecule has 0 aliphatic heterocycles. The van der Waals surface area contributed by atoms with E-state index in [2.05, 4.69) is 26.3 Å². The lowest BCUT2D eigenvalue weighted by Gasteiger charge is -2.21. The zero-order valence-corrected chi connectivity index (χ0v) is 16.8. The van der Waals surface area contributed by atoms with Crippen molar-refractivity contribution in [2.24, 2.45) is 0 Å². The van der Waals surface area contributed by atoms with Crippen LogP contribution in [0.4, 0.5) is 5.82 Å². The minimum Gasteiger partial charge on any atom is -0.384 e. The summed E-state index contributed by atoms with van der Waals surface area (Å²) in [5, 5.41) is 4.27. The lowest BCUT2D eigenvalue weighted by Crippen LogP contribution is -2.31. The molecule has 2 heterocycles. The number of hydrogen-bond acceptors (Lipinski definition) is 5. The fourth-order valence-corrected chi connectivity index (χ4v) is 3.19. The fourth-order valence-electron chi connectivity index (χ4n) is 3.19. The second kappa shape index (κ2) is 8.84. The van der Waals surface area contributed by atoms with Crippen molar-refractivity contribution in [2.45, 2.75) is 25.8 Å². The van der Waals surface area contributed by atoms with Gasteiger partial charge in [-0.25, -0.2) is 9.97 Å². The number of ether oxygens (including phenoxy) is 1. The molecule has 0 bridgehead atoms. The summed E-state index contributed by atoms with van der Waals surface area (Å²) in [5.74, 6) is 1.43. The van der Waals surface area contributed by atoms with E-state index in [0.717, 1.165) is 28.0 Å². The van der Waals surface area contributed by atoms with Gasteiger partial charge in [-0.15, -0.1) is 0 Å². The van der Waals surface area contributed by atoms with E-state index in [1.54, 1.807) is 7.11 Å². The Kier molecular flexibility index (Phi) is 6.26. The lowest BCUT2D eigenvalue weighted by atomic mass is 10.0. The Morgan fingerprint density at radius 2 is 2.07 bits per heavy atom. The first kappa shape index (κ1) is 19.8. The molecular weight excluding hydrogens is 354 g/mol. The Balaban J connectivity index is 1.94. The predicted octanol–water partition coefficient (Wildman–Crippen LogP) is 2.77. The molecule has 0 radical (unpaired) electrons. The molecule has 7 nitrogen and oxygen atoms in total. The number of H-pyrrole nitrogens is 1. The number of carbonyl (C=O) groups excluding carboxylic acids is 1. The molecule has 0 fully saturated rings. The highest BCUT2D eigenvalue weighted by molar-refractivity contribution is 5.83. The van der Waals surface area contributed by atoms with E-state index in [9.17, 15) is 4.79 Å². The van der Waals surface area contributed by atoms with Crippen molar-refractivity contribution in [3.63, 3.8) is 0 Å². The zero-order valence-electron chi connectivity index (χ0n) is 16.8. The molecule has 3 aromatic rings. The molecule has 1 aromatic carbocycles. The minimum atomic E-state index is -0.260. The first-order valence-electron chi connectivity index (χ1n) is 9.34. The maximum Gasteiger partial charge on any atom is 0.222 e. The highest BCUT2D eigenvalue weighted by Gasteiger charge is 2.20. The van der Waals surface area contributed by atoms with E-state index in [1.165, 1.54) is 0 Å². The number of nitrogens with one attached hydrogen (secondary N) is 2. The summed E-state index contributed by atoms with van der Waals surface area (Å²) in [7, 11) is 5.47. The summed E-state index contributed by atoms with van der Waals surface area (Å²) in [5.41, 5.74) is 3.01. The molecule has 28 heavy (non-hydrogen) atoms. The fraction of sp³-hybridized carbons (Fsp3) is 0.381. The first-order valence-corrected chi connectivity index (χ1v) is 9.34. The predicted molar refractivity (Wildman–Crippen MR) is 110 cm³/mol. The van der Waals surface area contributed by atoms with Gasteiger partial charge in [0.1, 0.15) is 11.6 Å². The number of nitrogens with zero attached hydrogens (tertiary/aromatic N) is 3. The SMILES string of the molecule is COCCC(=O)N[C@H](Cc1c[nH]c2ccccc12)c1cc(N(C)C)nc(C)n1. The second-order valence-corrected chi connectivity index (χ2v) is 7.02. The molecule has 0 saturated heterocycles. The lowest BCUT2D eigenvalue weighted by molar-refractivity contribution is -0.122. The van der Waals surface area contributed by atoms with Crippen LogP contribution in [0.1, 0.15) is 29.5 Å². The molecule has 148 valence electrons. The highest BCUT2D eigenvalue weighted by Crippen LogP contribution is 2.25. The van der Waals surface area contributed by atoms with Gasteiger partial charge < -0.3 is 19.9 Å². The van der Waals surface area contributed by atoms with Crippen LogP contribution in [-0.4, -0.2) is 48.7 Å². The molecule has 1 atom stereocenters. The summed E-state index contributed by atoms with van der Waals surface area (Å²) >= 11 is 0. The van der Waals surface area contributed by atoms with Crippen molar-refractivity contribution >= 4 is 22.6 Å². The number of rotatable bonds is 8.